The van der Waals surface area contributed by atoms with Gasteiger partial charge in [0.1, 0.15) is 12.1 Å². The van der Waals surface area contributed by atoms with E-state index in [1.54, 1.807) is 31.3 Å². The fourth-order valence-corrected chi connectivity index (χ4v) is 3.58. The predicted molar refractivity (Wildman–Crippen MR) is 104 cm³/mol. The van der Waals surface area contributed by atoms with Gasteiger partial charge in [0.25, 0.3) is 12.3 Å². The maximum atomic E-state index is 14.5. The van der Waals surface area contributed by atoms with Crippen LogP contribution in [0.4, 0.5) is 28.9 Å². The van der Waals surface area contributed by atoms with E-state index in [9.17, 15) is 27.2 Å². The Morgan fingerprint density at radius 3 is 2.77 bits per heavy atom. The first-order valence-electron chi connectivity index (χ1n) is 9.25. The average molecular weight is 435 g/mol. The maximum absolute atomic E-state index is 14.5. The summed E-state index contributed by atoms with van der Waals surface area (Å²) in [5.74, 6) is -2.05. The number of benzene rings is 2. The second-order valence-electron chi connectivity index (χ2n) is 7.09. The first-order chi connectivity index (χ1) is 14.7. The quantitative estimate of drug-likeness (QED) is 0.461. The molecule has 2 aromatic carbocycles. The number of aromatic nitrogens is 2. The van der Waals surface area contributed by atoms with Crippen LogP contribution in [0, 0.1) is 5.82 Å². The van der Waals surface area contributed by atoms with Crippen molar-refractivity contribution in [3.8, 4) is 0 Å². The molecule has 1 aromatic heterocycles. The van der Waals surface area contributed by atoms with Gasteiger partial charge in [0, 0.05) is 24.7 Å². The van der Waals surface area contributed by atoms with Crippen LogP contribution >= 0.6 is 0 Å². The fourth-order valence-electron chi connectivity index (χ4n) is 3.58. The van der Waals surface area contributed by atoms with E-state index in [-0.39, 0.29) is 12.1 Å². The summed E-state index contributed by atoms with van der Waals surface area (Å²) >= 11 is 0. The van der Waals surface area contributed by atoms with Crippen LogP contribution in [0.2, 0.25) is 0 Å². The molecule has 3 aromatic rings. The van der Waals surface area contributed by atoms with E-state index in [2.05, 4.69) is 10.4 Å². The average Bonchev–Trinajstić information content (AvgIpc) is 3.22. The molecule has 1 atom stereocenters. The second kappa shape index (κ2) is 7.89. The first-order valence-corrected chi connectivity index (χ1v) is 9.25. The Kier molecular flexibility index (Phi) is 5.25. The number of rotatable bonds is 6. The van der Waals surface area contributed by atoms with Gasteiger partial charge in [-0.25, -0.2) is 17.6 Å². The van der Waals surface area contributed by atoms with Gasteiger partial charge in [0.05, 0.1) is 17.4 Å². The molecule has 2 heterocycles. The highest BCUT2D eigenvalue weighted by molar-refractivity contribution is 6.05. The molecule has 162 valence electrons. The molecule has 0 aliphatic carbocycles. The van der Waals surface area contributed by atoms with Gasteiger partial charge in [0.15, 0.2) is 5.82 Å². The smallest absolute Gasteiger partial charge is 0.287 e. The van der Waals surface area contributed by atoms with E-state index < -0.39 is 36.9 Å². The SMILES string of the molecule is Cn1ncc2cc(Nc3cccc4c3C(=O)N(CC(=O)NC(F)C(F)F)C4)cc(F)c21. The highest BCUT2D eigenvalue weighted by Gasteiger charge is 2.32. The lowest BCUT2D eigenvalue weighted by atomic mass is 10.1. The highest BCUT2D eigenvalue weighted by Crippen LogP contribution is 2.32. The minimum absolute atomic E-state index is 0.0543. The molecule has 0 bridgehead atoms. The van der Waals surface area contributed by atoms with Gasteiger partial charge in [-0.15, -0.1) is 0 Å². The summed E-state index contributed by atoms with van der Waals surface area (Å²) in [6.07, 6.45) is -4.65. The Hall–Kier alpha value is -3.63. The molecule has 1 unspecified atom stereocenters. The maximum Gasteiger partial charge on any atom is 0.287 e. The van der Waals surface area contributed by atoms with Gasteiger partial charge in [-0.3, -0.25) is 14.3 Å². The number of aryl methyl sites for hydroxylation is 1. The summed E-state index contributed by atoms with van der Waals surface area (Å²) in [7, 11) is 1.62. The summed E-state index contributed by atoms with van der Waals surface area (Å²) in [4.78, 5) is 25.7. The number of hydrogen-bond acceptors (Lipinski definition) is 4. The Morgan fingerprint density at radius 2 is 2.03 bits per heavy atom. The van der Waals surface area contributed by atoms with Crippen molar-refractivity contribution in [1.29, 1.82) is 0 Å². The molecular formula is C20H17F4N5O2. The number of alkyl halides is 3. The van der Waals surface area contributed by atoms with Crippen molar-refractivity contribution in [3.63, 3.8) is 0 Å². The van der Waals surface area contributed by atoms with Crippen LogP contribution < -0.4 is 10.6 Å². The number of hydrogen-bond donors (Lipinski definition) is 2. The Bertz CT molecular complexity index is 1180. The Labute approximate surface area is 173 Å². The van der Waals surface area contributed by atoms with Crippen molar-refractivity contribution in [2.24, 2.45) is 7.05 Å². The molecule has 4 rings (SSSR count). The summed E-state index contributed by atoms with van der Waals surface area (Å²) in [6, 6.07) is 7.95. The summed E-state index contributed by atoms with van der Waals surface area (Å²) < 4.78 is 53.4. The van der Waals surface area contributed by atoms with Crippen molar-refractivity contribution in [1.82, 2.24) is 20.0 Å². The molecule has 0 spiro atoms. The third-order valence-electron chi connectivity index (χ3n) is 4.93. The molecule has 11 heteroatoms. The molecule has 2 amide bonds. The Morgan fingerprint density at radius 1 is 1.26 bits per heavy atom. The molecule has 1 aliphatic rings. The lowest BCUT2D eigenvalue weighted by Crippen LogP contribution is -2.43. The lowest BCUT2D eigenvalue weighted by Gasteiger charge is -2.17. The number of amides is 2. The molecule has 0 radical (unpaired) electrons. The molecule has 0 saturated carbocycles. The largest absolute Gasteiger partial charge is 0.355 e. The van der Waals surface area contributed by atoms with Gasteiger partial charge in [-0.2, -0.15) is 5.10 Å². The van der Waals surface area contributed by atoms with Crippen LogP contribution in [-0.4, -0.2) is 45.8 Å². The van der Waals surface area contributed by atoms with Crippen LogP contribution in [0.1, 0.15) is 15.9 Å². The zero-order valence-electron chi connectivity index (χ0n) is 16.2. The third-order valence-corrected chi connectivity index (χ3v) is 4.93. The van der Waals surface area contributed by atoms with Gasteiger partial charge >= 0.3 is 0 Å². The van der Waals surface area contributed by atoms with Crippen molar-refractivity contribution in [2.75, 3.05) is 11.9 Å². The van der Waals surface area contributed by atoms with E-state index in [0.29, 0.717) is 27.8 Å². The summed E-state index contributed by atoms with van der Waals surface area (Å²) in [6.45, 7) is -0.519. The minimum atomic E-state index is -3.36. The Balaban J connectivity index is 1.55. The van der Waals surface area contributed by atoms with Crippen molar-refractivity contribution in [2.45, 2.75) is 19.3 Å². The number of halogens is 4. The van der Waals surface area contributed by atoms with E-state index in [1.807, 2.05) is 0 Å². The van der Waals surface area contributed by atoms with Gasteiger partial charge in [-0.05, 0) is 23.8 Å². The number of carbonyl (C=O) groups excluding carboxylic acids is 2. The number of carbonyl (C=O) groups is 2. The topological polar surface area (TPSA) is 79.3 Å². The normalized spacial score (nSPS) is 14.3. The van der Waals surface area contributed by atoms with Gasteiger partial charge < -0.3 is 15.5 Å². The predicted octanol–water partition coefficient (Wildman–Crippen LogP) is 3.09. The van der Waals surface area contributed by atoms with Crippen molar-refractivity contribution < 1.29 is 27.2 Å². The summed E-state index contributed by atoms with van der Waals surface area (Å²) in [5.41, 5.74) is 1.99. The molecule has 2 N–H and O–H groups in total. The molecular weight excluding hydrogens is 418 g/mol. The van der Waals surface area contributed by atoms with Crippen molar-refractivity contribution >= 4 is 34.1 Å². The molecule has 0 saturated heterocycles. The van der Waals surface area contributed by atoms with Gasteiger partial charge in [-0.1, -0.05) is 12.1 Å². The lowest BCUT2D eigenvalue weighted by molar-refractivity contribution is -0.125. The van der Waals surface area contributed by atoms with Gasteiger partial charge in [0.2, 0.25) is 12.2 Å². The highest BCUT2D eigenvalue weighted by atomic mass is 19.3. The van der Waals surface area contributed by atoms with Crippen LogP contribution in [0.15, 0.2) is 36.5 Å². The van der Waals surface area contributed by atoms with E-state index >= 15 is 0 Å². The molecule has 0 fully saturated rings. The summed E-state index contributed by atoms with van der Waals surface area (Å²) in [5, 5.41) is 9.12. The minimum Gasteiger partial charge on any atom is -0.355 e. The van der Waals surface area contributed by atoms with Crippen LogP contribution in [0.3, 0.4) is 0 Å². The first kappa shape index (κ1) is 20.6. The number of nitrogens with one attached hydrogen (secondary N) is 2. The van der Waals surface area contributed by atoms with Crippen LogP contribution in [0.5, 0.6) is 0 Å². The third kappa shape index (κ3) is 3.90. The van der Waals surface area contributed by atoms with Crippen molar-refractivity contribution in [3.05, 3.63) is 53.5 Å². The number of nitrogens with zero attached hydrogens (tertiary/aromatic N) is 3. The molecule has 1 aliphatic heterocycles. The fraction of sp³-hybridized carbons (Fsp3) is 0.250. The monoisotopic (exact) mass is 435 g/mol. The van der Waals surface area contributed by atoms with E-state index in [4.69, 9.17) is 0 Å². The number of fused-ring (bicyclic) bond motifs is 2. The zero-order valence-corrected chi connectivity index (χ0v) is 16.2. The zero-order chi connectivity index (χ0) is 22.3. The van der Waals surface area contributed by atoms with E-state index in [1.165, 1.54) is 22.3 Å². The van der Waals surface area contributed by atoms with E-state index in [0.717, 1.165) is 4.90 Å². The van der Waals surface area contributed by atoms with Crippen LogP contribution in [0.25, 0.3) is 10.9 Å². The number of anilines is 2. The molecule has 31 heavy (non-hydrogen) atoms. The molecule has 7 nitrogen and oxygen atoms in total. The second-order valence-corrected chi connectivity index (χ2v) is 7.09. The standard InChI is InChI=1S/C20H17F4N5O2/c1-28-17-11(7-25-28)5-12(6-13(17)21)26-14-4-2-3-10-8-29(20(31)16(10)14)9-15(30)27-19(24)18(22)23/h2-7,18-19,26H,8-9H2,1H3,(H,27,30). The van der Waals surface area contributed by atoms with Crippen LogP contribution in [-0.2, 0) is 18.4 Å².